The van der Waals surface area contributed by atoms with E-state index in [1.54, 1.807) is 50.6 Å². The lowest BCUT2D eigenvalue weighted by atomic mass is 10.1. The Morgan fingerprint density at radius 3 is 2.30 bits per heavy atom. The maximum atomic E-state index is 12.5. The predicted molar refractivity (Wildman–Crippen MR) is 102 cm³/mol. The minimum Gasteiger partial charge on any atom is -0.493 e. The fraction of sp³-hybridized carbons (Fsp3) is 0.150. The summed E-state index contributed by atoms with van der Waals surface area (Å²) < 4.78 is 11.7. The van der Waals surface area contributed by atoms with E-state index in [1.165, 1.54) is 17.9 Å². The first-order chi connectivity index (χ1) is 13.0. The van der Waals surface area contributed by atoms with Gasteiger partial charge in [0.05, 0.1) is 19.9 Å². The van der Waals surface area contributed by atoms with Crippen LogP contribution in [0.4, 0.5) is 5.69 Å². The van der Waals surface area contributed by atoms with Crippen LogP contribution in [0.1, 0.15) is 10.4 Å². The Morgan fingerprint density at radius 2 is 1.67 bits per heavy atom. The van der Waals surface area contributed by atoms with E-state index in [2.05, 4.69) is 10.4 Å². The highest BCUT2D eigenvalue weighted by atomic mass is 16.5. The molecule has 0 saturated heterocycles. The number of aryl methyl sites for hydroxylation is 1. The summed E-state index contributed by atoms with van der Waals surface area (Å²) in [6, 6.07) is 15.3. The SMILES string of the molecule is COc1ccc(C(=O)Nc2ccc(-c3ccc(=O)n(C)n3)cc2)cc1OC. The van der Waals surface area contributed by atoms with Crippen molar-refractivity contribution < 1.29 is 14.3 Å². The molecule has 0 bridgehead atoms. The molecule has 0 aliphatic heterocycles. The molecule has 0 fully saturated rings. The molecular weight excluding hydrogens is 346 g/mol. The number of anilines is 1. The minimum atomic E-state index is -0.260. The van der Waals surface area contributed by atoms with Gasteiger partial charge in [-0.3, -0.25) is 9.59 Å². The van der Waals surface area contributed by atoms with Gasteiger partial charge < -0.3 is 14.8 Å². The number of amides is 1. The predicted octanol–water partition coefficient (Wildman–Crippen LogP) is 2.72. The molecule has 0 radical (unpaired) electrons. The maximum Gasteiger partial charge on any atom is 0.266 e. The van der Waals surface area contributed by atoms with E-state index < -0.39 is 0 Å². The quantitative estimate of drug-likeness (QED) is 0.752. The summed E-state index contributed by atoms with van der Waals surface area (Å²) in [7, 11) is 4.66. The summed E-state index contributed by atoms with van der Waals surface area (Å²) in [6.45, 7) is 0. The van der Waals surface area contributed by atoms with Crippen LogP contribution < -0.4 is 20.3 Å². The summed E-state index contributed by atoms with van der Waals surface area (Å²) in [5.74, 6) is 0.786. The second-order valence-corrected chi connectivity index (χ2v) is 5.78. The van der Waals surface area contributed by atoms with Gasteiger partial charge in [0.15, 0.2) is 11.5 Å². The monoisotopic (exact) mass is 365 g/mol. The molecule has 3 aromatic rings. The summed E-state index contributed by atoms with van der Waals surface area (Å²) in [4.78, 5) is 23.9. The number of carbonyl (C=O) groups excluding carboxylic acids is 1. The van der Waals surface area contributed by atoms with Gasteiger partial charge in [0.25, 0.3) is 11.5 Å². The third kappa shape index (κ3) is 3.98. The third-order valence-corrected chi connectivity index (χ3v) is 4.04. The number of hydrogen-bond donors (Lipinski definition) is 1. The van der Waals surface area contributed by atoms with Crippen molar-refractivity contribution in [1.82, 2.24) is 9.78 Å². The van der Waals surface area contributed by atoms with Gasteiger partial charge in [0.2, 0.25) is 0 Å². The molecule has 27 heavy (non-hydrogen) atoms. The van der Waals surface area contributed by atoms with Gasteiger partial charge in [-0.25, -0.2) is 4.68 Å². The Kier molecular flexibility index (Phi) is 5.21. The van der Waals surface area contributed by atoms with E-state index in [0.717, 1.165) is 5.56 Å². The van der Waals surface area contributed by atoms with Crippen LogP contribution in [0, 0.1) is 0 Å². The van der Waals surface area contributed by atoms with E-state index in [4.69, 9.17) is 9.47 Å². The Hall–Kier alpha value is -3.61. The molecule has 0 saturated carbocycles. The smallest absolute Gasteiger partial charge is 0.266 e. The summed E-state index contributed by atoms with van der Waals surface area (Å²) >= 11 is 0. The van der Waals surface area contributed by atoms with Crippen molar-refractivity contribution in [3.05, 3.63) is 70.5 Å². The van der Waals surface area contributed by atoms with Crippen LogP contribution in [0.25, 0.3) is 11.3 Å². The zero-order valence-electron chi connectivity index (χ0n) is 15.2. The average Bonchev–Trinajstić information content (AvgIpc) is 2.70. The lowest BCUT2D eigenvalue weighted by Crippen LogP contribution is -2.18. The number of nitrogens with zero attached hydrogens (tertiary/aromatic N) is 2. The summed E-state index contributed by atoms with van der Waals surface area (Å²) in [5.41, 5.74) is 2.45. The van der Waals surface area contributed by atoms with Crippen molar-refractivity contribution in [3.8, 4) is 22.8 Å². The highest BCUT2D eigenvalue weighted by molar-refractivity contribution is 6.04. The van der Waals surface area contributed by atoms with E-state index in [9.17, 15) is 9.59 Å². The zero-order valence-corrected chi connectivity index (χ0v) is 15.2. The van der Waals surface area contributed by atoms with Gasteiger partial charge in [-0.15, -0.1) is 0 Å². The van der Waals surface area contributed by atoms with Crippen LogP contribution in [0.5, 0.6) is 11.5 Å². The molecule has 0 unspecified atom stereocenters. The normalized spacial score (nSPS) is 10.3. The number of ether oxygens (including phenoxy) is 2. The van der Waals surface area contributed by atoms with E-state index in [-0.39, 0.29) is 11.5 Å². The van der Waals surface area contributed by atoms with Crippen molar-refractivity contribution in [3.63, 3.8) is 0 Å². The van der Waals surface area contributed by atoms with Crippen LogP contribution in [0.2, 0.25) is 0 Å². The highest BCUT2D eigenvalue weighted by Gasteiger charge is 2.11. The molecule has 0 spiro atoms. The van der Waals surface area contributed by atoms with Crippen molar-refractivity contribution in [2.45, 2.75) is 0 Å². The molecule has 0 atom stereocenters. The van der Waals surface area contributed by atoms with Crippen LogP contribution in [0.3, 0.4) is 0 Å². The molecule has 1 N–H and O–H groups in total. The lowest BCUT2D eigenvalue weighted by Gasteiger charge is -2.10. The fourth-order valence-corrected chi connectivity index (χ4v) is 2.56. The summed E-state index contributed by atoms with van der Waals surface area (Å²) in [5, 5.41) is 7.04. The fourth-order valence-electron chi connectivity index (χ4n) is 2.56. The van der Waals surface area contributed by atoms with Gasteiger partial charge in [0, 0.05) is 29.9 Å². The number of carbonyl (C=O) groups is 1. The maximum absolute atomic E-state index is 12.5. The molecule has 7 heteroatoms. The molecule has 0 aliphatic carbocycles. The van der Waals surface area contributed by atoms with Gasteiger partial charge in [0.1, 0.15) is 0 Å². The molecule has 1 heterocycles. The third-order valence-electron chi connectivity index (χ3n) is 4.04. The van der Waals surface area contributed by atoms with Crippen LogP contribution in [-0.2, 0) is 7.05 Å². The molecular formula is C20H19N3O4. The number of hydrogen-bond acceptors (Lipinski definition) is 5. The molecule has 3 rings (SSSR count). The molecule has 138 valence electrons. The standard InChI is InChI=1S/C20H19N3O4/c1-23-19(24)11-9-16(22-23)13-4-7-15(8-5-13)21-20(25)14-6-10-17(26-2)18(12-14)27-3/h4-12H,1-3H3,(H,21,25). The number of aromatic nitrogens is 2. The van der Waals surface area contributed by atoms with E-state index in [0.29, 0.717) is 28.4 Å². The Balaban J connectivity index is 1.77. The Labute approximate surface area is 156 Å². The first-order valence-electron chi connectivity index (χ1n) is 8.20. The van der Waals surface area contributed by atoms with Crippen molar-refractivity contribution >= 4 is 11.6 Å². The van der Waals surface area contributed by atoms with Gasteiger partial charge in [-0.05, 0) is 36.4 Å². The van der Waals surface area contributed by atoms with Gasteiger partial charge in [-0.2, -0.15) is 5.10 Å². The zero-order chi connectivity index (χ0) is 19.4. The second kappa shape index (κ2) is 7.74. The molecule has 2 aromatic carbocycles. The number of nitrogens with one attached hydrogen (secondary N) is 1. The Morgan fingerprint density at radius 1 is 0.963 bits per heavy atom. The van der Waals surface area contributed by atoms with E-state index >= 15 is 0 Å². The molecule has 1 amide bonds. The summed E-state index contributed by atoms with van der Waals surface area (Å²) in [6.07, 6.45) is 0. The van der Waals surface area contributed by atoms with Crippen molar-refractivity contribution in [1.29, 1.82) is 0 Å². The van der Waals surface area contributed by atoms with Gasteiger partial charge >= 0.3 is 0 Å². The molecule has 0 aliphatic rings. The lowest BCUT2D eigenvalue weighted by molar-refractivity contribution is 0.102. The highest BCUT2D eigenvalue weighted by Crippen LogP contribution is 2.28. The number of benzene rings is 2. The number of rotatable bonds is 5. The Bertz CT molecular complexity index is 1030. The average molecular weight is 365 g/mol. The minimum absolute atomic E-state index is 0.169. The van der Waals surface area contributed by atoms with Crippen LogP contribution in [-0.4, -0.2) is 29.9 Å². The number of methoxy groups -OCH3 is 2. The molecule has 1 aromatic heterocycles. The largest absolute Gasteiger partial charge is 0.493 e. The van der Waals surface area contributed by atoms with E-state index in [1.807, 2.05) is 12.1 Å². The van der Waals surface area contributed by atoms with Crippen LogP contribution >= 0.6 is 0 Å². The van der Waals surface area contributed by atoms with Crippen molar-refractivity contribution in [2.24, 2.45) is 7.05 Å². The van der Waals surface area contributed by atoms with Gasteiger partial charge in [-0.1, -0.05) is 12.1 Å². The first kappa shape index (κ1) is 18.2. The first-order valence-corrected chi connectivity index (χ1v) is 8.20. The topological polar surface area (TPSA) is 82.5 Å². The molecule has 7 nitrogen and oxygen atoms in total. The second-order valence-electron chi connectivity index (χ2n) is 5.78. The van der Waals surface area contributed by atoms with Crippen LogP contribution in [0.15, 0.2) is 59.4 Å². The van der Waals surface area contributed by atoms with Crippen molar-refractivity contribution in [2.75, 3.05) is 19.5 Å².